The van der Waals surface area contributed by atoms with Crippen molar-refractivity contribution in [1.82, 2.24) is 4.31 Å². The molecule has 10 nitrogen and oxygen atoms in total. The van der Waals surface area contributed by atoms with Gasteiger partial charge in [-0.2, -0.15) is 17.8 Å². The monoisotopic (exact) mass is 672 g/mol. The van der Waals surface area contributed by atoms with Crippen LogP contribution < -0.4 is 14.2 Å². The molecule has 2 aromatic carbocycles. The van der Waals surface area contributed by atoms with Gasteiger partial charge in [-0.05, 0) is 48.6 Å². The number of carbonyl (C=O) groups is 1. The molecule has 1 saturated carbocycles. The average Bonchev–Trinajstić information content (AvgIpc) is 3.83. The summed E-state index contributed by atoms with van der Waals surface area (Å²) in [5, 5.41) is 11.8. The number of esters is 1. The zero-order chi connectivity index (χ0) is 31.4. The highest BCUT2D eigenvalue weighted by molar-refractivity contribution is 7.89. The van der Waals surface area contributed by atoms with Crippen molar-refractivity contribution in [2.75, 3.05) is 26.3 Å². The molecule has 1 saturated heterocycles. The highest BCUT2D eigenvalue weighted by Crippen LogP contribution is 2.38. The standard InChI is InChI=1S/C29H28Cl2F2N2O8S/c30-22-14-34(37)15-23(31)21(22)13-25(19-8-9-24(43-29(32)33)26(12-19)41-17-18-6-7-18)42-28(36)27-16-35(10-11-40-27)44(38,39)20-4-2-1-3-5-20/h1-5,8-9,12,14-15,18,25,27,29H,6-7,10-11,13,16-17H2. The third-order valence-electron chi connectivity index (χ3n) is 7.11. The van der Waals surface area contributed by atoms with Crippen LogP contribution in [0.4, 0.5) is 8.78 Å². The van der Waals surface area contributed by atoms with E-state index in [1.807, 2.05) is 0 Å². The third kappa shape index (κ3) is 7.88. The maximum Gasteiger partial charge on any atom is 0.387 e. The number of nitrogens with zero attached hydrogens (tertiary/aromatic N) is 2. The number of benzene rings is 2. The molecule has 236 valence electrons. The number of morpholine rings is 1. The number of ether oxygens (including phenoxy) is 4. The van der Waals surface area contributed by atoms with Gasteiger partial charge in [-0.3, -0.25) is 0 Å². The molecule has 15 heteroatoms. The minimum absolute atomic E-state index is 0.00505. The molecule has 2 fully saturated rings. The highest BCUT2D eigenvalue weighted by atomic mass is 35.5. The maximum absolute atomic E-state index is 13.5. The summed E-state index contributed by atoms with van der Waals surface area (Å²) < 4.78 is 76.1. The number of halogens is 4. The average molecular weight is 674 g/mol. The van der Waals surface area contributed by atoms with Crippen molar-refractivity contribution in [3.05, 3.63) is 87.3 Å². The van der Waals surface area contributed by atoms with Gasteiger partial charge in [-0.15, -0.1) is 0 Å². The van der Waals surface area contributed by atoms with Gasteiger partial charge in [0.25, 0.3) is 0 Å². The number of pyridine rings is 1. The van der Waals surface area contributed by atoms with E-state index < -0.39 is 34.8 Å². The fourth-order valence-electron chi connectivity index (χ4n) is 4.61. The van der Waals surface area contributed by atoms with Crippen LogP contribution in [0.2, 0.25) is 10.0 Å². The van der Waals surface area contributed by atoms with Crippen molar-refractivity contribution in [2.24, 2.45) is 5.92 Å². The SMILES string of the molecule is O=C(OC(Cc1c(Cl)c[n+]([O-])cc1Cl)c1ccc(OC(F)F)c(OCC2CC2)c1)C1CN(S(=O)(=O)c2ccccc2)CCO1. The Morgan fingerprint density at radius 3 is 2.45 bits per heavy atom. The van der Waals surface area contributed by atoms with Crippen molar-refractivity contribution >= 4 is 39.2 Å². The Kier molecular flexibility index (Phi) is 10.1. The summed E-state index contributed by atoms with van der Waals surface area (Å²) in [5.74, 6) is -0.758. The number of aromatic nitrogens is 1. The van der Waals surface area contributed by atoms with Gasteiger partial charge in [-0.25, -0.2) is 13.2 Å². The van der Waals surface area contributed by atoms with Crippen LogP contribution in [-0.2, 0) is 30.7 Å². The largest absolute Gasteiger partial charge is 0.619 e. The van der Waals surface area contributed by atoms with E-state index >= 15 is 0 Å². The van der Waals surface area contributed by atoms with E-state index in [-0.39, 0.29) is 64.7 Å². The fraction of sp³-hybridized carbons (Fsp3) is 0.379. The molecule has 1 aromatic heterocycles. The number of hydrogen-bond donors (Lipinski definition) is 0. The Balaban J connectivity index is 1.42. The summed E-state index contributed by atoms with van der Waals surface area (Å²) in [5.41, 5.74) is 0.603. The van der Waals surface area contributed by atoms with Crippen LogP contribution in [0.5, 0.6) is 11.5 Å². The quantitative estimate of drug-likeness (QED) is 0.151. The smallest absolute Gasteiger partial charge is 0.387 e. The lowest BCUT2D eigenvalue weighted by atomic mass is 10.0. The number of carbonyl (C=O) groups excluding carboxylic acids is 1. The molecule has 0 spiro atoms. The van der Waals surface area contributed by atoms with Gasteiger partial charge >= 0.3 is 12.6 Å². The van der Waals surface area contributed by atoms with Gasteiger partial charge in [-0.1, -0.05) is 47.5 Å². The summed E-state index contributed by atoms with van der Waals surface area (Å²) in [4.78, 5) is 13.6. The van der Waals surface area contributed by atoms with Crippen LogP contribution in [0.3, 0.4) is 0 Å². The lowest BCUT2D eigenvalue weighted by Crippen LogP contribution is -2.49. The molecular formula is C29H28Cl2F2N2O8S. The van der Waals surface area contributed by atoms with Crippen molar-refractivity contribution in [3.8, 4) is 11.5 Å². The molecule has 0 N–H and O–H groups in total. The van der Waals surface area contributed by atoms with Crippen LogP contribution in [0.1, 0.15) is 30.1 Å². The lowest BCUT2D eigenvalue weighted by molar-refractivity contribution is -0.605. The van der Waals surface area contributed by atoms with Crippen LogP contribution >= 0.6 is 23.2 Å². The molecule has 0 bridgehead atoms. The molecule has 0 radical (unpaired) electrons. The summed E-state index contributed by atoms with van der Waals surface area (Å²) in [6, 6.07) is 11.9. The fourth-order valence-corrected chi connectivity index (χ4v) is 6.65. The normalized spacial score (nSPS) is 18.2. The summed E-state index contributed by atoms with van der Waals surface area (Å²) in [6.07, 6.45) is 1.54. The zero-order valence-corrected chi connectivity index (χ0v) is 25.4. The van der Waals surface area contributed by atoms with Gasteiger partial charge < -0.3 is 24.2 Å². The molecule has 1 aliphatic heterocycles. The highest BCUT2D eigenvalue weighted by Gasteiger charge is 2.36. The Morgan fingerprint density at radius 1 is 1.09 bits per heavy atom. The summed E-state index contributed by atoms with van der Waals surface area (Å²) in [6.45, 7) is -3.15. The van der Waals surface area contributed by atoms with Crippen molar-refractivity contribution in [3.63, 3.8) is 0 Å². The van der Waals surface area contributed by atoms with E-state index in [1.165, 1.54) is 30.3 Å². The molecule has 3 aromatic rings. The molecular weight excluding hydrogens is 645 g/mol. The summed E-state index contributed by atoms with van der Waals surface area (Å²) >= 11 is 12.6. The van der Waals surface area contributed by atoms with E-state index in [4.69, 9.17) is 37.4 Å². The maximum atomic E-state index is 13.5. The minimum Gasteiger partial charge on any atom is -0.619 e. The Labute approximate surface area is 262 Å². The predicted molar refractivity (Wildman–Crippen MR) is 154 cm³/mol. The van der Waals surface area contributed by atoms with Gasteiger partial charge in [0.15, 0.2) is 30.0 Å². The van der Waals surface area contributed by atoms with E-state index in [0.29, 0.717) is 16.2 Å². The van der Waals surface area contributed by atoms with Crippen LogP contribution in [0.15, 0.2) is 65.8 Å². The van der Waals surface area contributed by atoms with Crippen LogP contribution in [-0.4, -0.2) is 57.7 Å². The van der Waals surface area contributed by atoms with Crippen LogP contribution in [0.25, 0.3) is 0 Å². The first-order valence-corrected chi connectivity index (χ1v) is 15.9. The van der Waals surface area contributed by atoms with E-state index in [1.54, 1.807) is 18.2 Å². The molecule has 44 heavy (non-hydrogen) atoms. The van der Waals surface area contributed by atoms with E-state index in [2.05, 4.69) is 4.74 Å². The molecule has 5 rings (SSSR count). The zero-order valence-electron chi connectivity index (χ0n) is 23.1. The first-order chi connectivity index (χ1) is 21.0. The molecule has 2 aliphatic rings. The van der Waals surface area contributed by atoms with E-state index in [9.17, 15) is 27.2 Å². The van der Waals surface area contributed by atoms with Crippen molar-refractivity contribution < 1.29 is 45.7 Å². The minimum atomic E-state index is -3.91. The second kappa shape index (κ2) is 13.8. The molecule has 0 amide bonds. The topological polar surface area (TPSA) is 118 Å². The second-order valence-corrected chi connectivity index (χ2v) is 13.0. The number of rotatable bonds is 12. The third-order valence-corrected chi connectivity index (χ3v) is 9.64. The first kappa shape index (κ1) is 32.2. The first-order valence-electron chi connectivity index (χ1n) is 13.7. The molecule has 2 heterocycles. The van der Waals surface area contributed by atoms with Gasteiger partial charge in [0.05, 0.1) is 24.7 Å². The summed E-state index contributed by atoms with van der Waals surface area (Å²) in [7, 11) is -3.91. The van der Waals surface area contributed by atoms with Crippen LogP contribution in [0, 0.1) is 11.1 Å². The van der Waals surface area contributed by atoms with Gasteiger partial charge in [0.2, 0.25) is 10.0 Å². The number of alkyl halides is 2. The van der Waals surface area contributed by atoms with Gasteiger partial charge in [0.1, 0.15) is 16.1 Å². The predicted octanol–water partition coefficient (Wildman–Crippen LogP) is 4.93. The Morgan fingerprint density at radius 2 is 1.80 bits per heavy atom. The molecule has 2 atom stereocenters. The van der Waals surface area contributed by atoms with Gasteiger partial charge in [0, 0.05) is 18.5 Å². The van der Waals surface area contributed by atoms with E-state index in [0.717, 1.165) is 29.5 Å². The number of hydrogen-bond acceptors (Lipinski definition) is 8. The van der Waals surface area contributed by atoms with Crippen molar-refractivity contribution in [1.29, 1.82) is 0 Å². The molecule has 1 aliphatic carbocycles. The second-order valence-electron chi connectivity index (χ2n) is 10.3. The van der Waals surface area contributed by atoms with Crippen molar-refractivity contribution in [2.45, 2.75) is 43.0 Å². The Bertz CT molecular complexity index is 1570. The number of sulfonamides is 1. The lowest BCUT2D eigenvalue weighted by Gasteiger charge is -2.32. The Hall–Kier alpha value is -3.23. The molecule has 2 unspecified atom stereocenters.